The van der Waals surface area contributed by atoms with Crippen molar-refractivity contribution in [1.29, 1.82) is 0 Å². The molecule has 1 aromatic carbocycles. The molecule has 0 bridgehead atoms. The number of halogens is 1. The quantitative estimate of drug-likeness (QED) is 0.935. The molecule has 1 aliphatic rings. The molecule has 0 saturated carbocycles. The van der Waals surface area contributed by atoms with Crippen molar-refractivity contribution in [2.24, 2.45) is 0 Å². The lowest BCUT2D eigenvalue weighted by Gasteiger charge is -2.19. The molecule has 1 aliphatic heterocycles. The zero-order valence-electron chi connectivity index (χ0n) is 11.9. The van der Waals surface area contributed by atoms with Gasteiger partial charge in [-0.2, -0.15) is 4.98 Å². The standard InChI is InChI=1S/C15H18ClN3O2/c1-2-20-13-7-6-10(16)9-11(13)14-18-15(21-19-14)12-5-3-4-8-17-12/h6-7,9,12,17H,2-5,8H2,1H3/t12-/m1/s1. The van der Waals surface area contributed by atoms with E-state index < -0.39 is 0 Å². The van der Waals surface area contributed by atoms with Crippen LogP contribution in [0.1, 0.15) is 38.1 Å². The summed E-state index contributed by atoms with van der Waals surface area (Å²) in [6, 6.07) is 5.57. The monoisotopic (exact) mass is 307 g/mol. The van der Waals surface area contributed by atoms with Gasteiger partial charge in [0.25, 0.3) is 0 Å². The van der Waals surface area contributed by atoms with E-state index >= 15 is 0 Å². The van der Waals surface area contributed by atoms with Crippen LogP contribution in [0.15, 0.2) is 22.7 Å². The molecule has 21 heavy (non-hydrogen) atoms. The van der Waals surface area contributed by atoms with Crippen molar-refractivity contribution in [2.45, 2.75) is 32.2 Å². The number of aromatic nitrogens is 2. The van der Waals surface area contributed by atoms with E-state index in [9.17, 15) is 0 Å². The van der Waals surface area contributed by atoms with Crippen LogP contribution < -0.4 is 10.1 Å². The third-order valence-electron chi connectivity index (χ3n) is 3.53. The maximum absolute atomic E-state index is 6.07. The molecule has 0 aliphatic carbocycles. The van der Waals surface area contributed by atoms with Gasteiger partial charge in [-0.3, -0.25) is 0 Å². The van der Waals surface area contributed by atoms with E-state index in [-0.39, 0.29) is 6.04 Å². The zero-order valence-corrected chi connectivity index (χ0v) is 12.7. The van der Waals surface area contributed by atoms with Crippen molar-refractivity contribution in [2.75, 3.05) is 13.2 Å². The van der Waals surface area contributed by atoms with Crippen molar-refractivity contribution >= 4 is 11.6 Å². The molecule has 1 fully saturated rings. The number of rotatable bonds is 4. The summed E-state index contributed by atoms with van der Waals surface area (Å²) in [5.41, 5.74) is 0.759. The summed E-state index contributed by atoms with van der Waals surface area (Å²) in [5.74, 6) is 1.86. The van der Waals surface area contributed by atoms with Gasteiger partial charge in [-0.15, -0.1) is 0 Å². The highest BCUT2D eigenvalue weighted by Gasteiger charge is 2.22. The normalized spacial score (nSPS) is 18.7. The second-order valence-electron chi connectivity index (χ2n) is 5.03. The second kappa shape index (κ2) is 6.45. The molecule has 112 valence electrons. The average molecular weight is 308 g/mol. The van der Waals surface area contributed by atoms with E-state index in [1.54, 1.807) is 12.1 Å². The Kier molecular flexibility index (Phi) is 4.41. The van der Waals surface area contributed by atoms with Gasteiger partial charge in [-0.05, 0) is 44.5 Å². The largest absolute Gasteiger partial charge is 0.493 e. The van der Waals surface area contributed by atoms with Crippen molar-refractivity contribution in [1.82, 2.24) is 15.5 Å². The van der Waals surface area contributed by atoms with Gasteiger partial charge in [-0.25, -0.2) is 0 Å². The molecule has 6 heteroatoms. The summed E-state index contributed by atoms with van der Waals surface area (Å²) >= 11 is 6.07. The van der Waals surface area contributed by atoms with Crippen LogP contribution in [-0.2, 0) is 0 Å². The van der Waals surface area contributed by atoms with Crippen molar-refractivity contribution < 1.29 is 9.26 Å². The number of nitrogens with zero attached hydrogens (tertiary/aromatic N) is 2. The Balaban J connectivity index is 1.90. The highest BCUT2D eigenvalue weighted by atomic mass is 35.5. The predicted molar refractivity (Wildman–Crippen MR) is 80.5 cm³/mol. The lowest BCUT2D eigenvalue weighted by atomic mass is 10.1. The smallest absolute Gasteiger partial charge is 0.244 e. The first-order valence-corrected chi connectivity index (χ1v) is 7.65. The van der Waals surface area contributed by atoms with E-state index in [1.807, 2.05) is 13.0 Å². The Morgan fingerprint density at radius 1 is 1.43 bits per heavy atom. The fourth-order valence-electron chi connectivity index (χ4n) is 2.51. The molecule has 0 radical (unpaired) electrons. The second-order valence-corrected chi connectivity index (χ2v) is 5.47. The van der Waals surface area contributed by atoms with Crippen molar-refractivity contribution in [3.05, 3.63) is 29.1 Å². The Morgan fingerprint density at radius 3 is 3.10 bits per heavy atom. The minimum absolute atomic E-state index is 0.148. The molecule has 0 spiro atoms. The average Bonchev–Trinajstić information content (AvgIpc) is 3.00. The number of piperidine rings is 1. The van der Waals surface area contributed by atoms with E-state index in [0.29, 0.717) is 29.1 Å². The van der Waals surface area contributed by atoms with E-state index in [4.69, 9.17) is 20.9 Å². The molecule has 2 aromatic rings. The lowest BCUT2D eigenvalue weighted by Crippen LogP contribution is -2.26. The number of hydrogen-bond donors (Lipinski definition) is 1. The molecule has 1 atom stereocenters. The third kappa shape index (κ3) is 3.19. The first kappa shape index (κ1) is 14.4. The van der Waals surface area contributed by atoms with Crippen LogP contribution >= 0.6 is 11.6 Å². The Morgan fingerprint density at radius 2 is 2.33 bits per heavy atom. The summed E-state index contributed by atoms with van der Waals surface area (Å²) in [6.45, 7) is 3.50. The molecule has 1 N–H and O–H groups in total. The van der Waals surface area contributed by atoms with E-state index in [0.717, 1.165) is 18.5 Å². The molecule has 0 amide bonds. The fourth-order valence-corrected chi connectivity index (χ4v) is 2.68. The molecule has 1 saturated heterocycles. The molecule has 2 heterocycles. The van der Waals surface area contributed by atoms with Crippen LogP contribution in [0.5, 0.6) is 5.75 Å². The number of ether oxygens (including phenoxy) is 1. The molecule has 3 rings (SSSR count). The first-order chi connectivity index (χ1) is 10.3. The van der Waals surface area contributed by atoms with Gasteiger partial charge in [0.15, 0.2) is 0 Å². The molecule has 5 nitrogen and oxygen atoms in total. The number of benzene rings is 1. The predicted octanol–water partition coefficient (Wildman–Crippen LogP) is 3.60. The van der Waals surface area contributed by atoms with Crippen LogP contribution in [0, 0.1) is 0 Å². The summed E-state index contributed by atoms with van der Waals surface area (Å²) in [5, 5.41) is 8.10. The lowest BCUT2D eigenvalue weighted by molar-refractivity contribution is 0.297. The topological polar surface area (TPSA) is 60.2 Å². The number of hydrogen-bond acceptors (Lipinski definition) is 5. The summed E-state index contributed by atoms with van der Waals surface area (Å²) in [4.78, 5) is 4.51. The minimum Gasteiger partial charge on any atom is -0.493 e. The van der Waals surface area contributed by atoms with Crippen LogP contribution in [0.25, 0.3) is 11.4 Å². The Bertz CT molecular complexity index is 609. The van der Waals surface area contributed by atoms with Crippen LogP contribution in [0.4, 0.5) is 0 Å². The molecular formula is C15H18ClN3O2. The van der Waals surface area contributed by atoms with E-state index in [1.165, 1.54) is 12.8 Å². The molecular weight excluding hydrogens is 290 g/mol. The van der Waals surface area contributed by atoms with Gasteiger partial charge < -0.3 is 14.6 Å². The van der Waals surface area contributed by atoms with E-state index in [2.05, 4.69) is 15.5 Å². The fraction of sp³-hybridized carbons (Fsp3) is 0.467. The minimum atomic E-state index is 0.148. The maximum atomic E-state index is 6.07. The highest BCUT2D eigenvalue weighted by Crippen LogP contribution is 2.32. The van der Waals surface area contributed by atoms with Crippen molar-refractivity contribution in [3.8, 4) is 17.1 Å². The number of nitrogens with one attached hydrogen (secondary N) is 1. The van der Waals surface area contributed by atoms with Crippen LogP contribution in [0.3, 0.4) is 0 Å². The Labute approximate surface area is 128 Å². The summed E-state index contributed by atoms with van der Waals surface area (Å²) in [7, 11) is 0. The van der Waals surface area contributed by atoms with Crippen LogP contribution in [-0.4, -0.2) is 23.3 Å². The zero-order chi connectivity index (χ0) is 14.7. The summed E-state index contributed by atoms with van der Waals surface area (Å²) in [6.07, 6.45) is 3.40. The maximum Gasteiger partial charge on any atom is 0.244 e. The molecule has 0 unspecified atom stereocenters. The first-order valence-electron chi connectivity index (χ1n) is 7.27. The van der Waals surface area contributed by atoms with Gasteiger partial charge in [0, 0.05) is 5.02 Å². The van der Waals surface area contributed by atoms with Gasteiger partial charge in [0.05, 0.1) is 18.2 Å². The van der Waals surface area contributed by atoms with Crippen molar-refractivity contribution in [3.63, 3.8) is 0 Å². The van der Waals surface area contributed by atoms with Gasteiger partial charge in [-0.1, -0.05) is 23.2 Å². The van der Waals surface area contributed by atoms with Crippen LogP contribution in [0.2, 0.25) is 5.02 Å². The van der Waals surface area contributed by atoms with Gasteiger partial charge >= 0.3 is 0 Å². The third-order valence-corrected chi connectivity index (χ3v) is 3.77. The van der Waals surface area contributed by atoms with Gasteiger partial charge in [0.1, 0.15) is 5.75 Å². The highest BCUT2D eigenvalue weighted by molar-refractivity contribution is 6.30. The Hall–Kier alpha value is -1.59. The van der Waals surface area contributed by atoms with Gasteiger partial charge in [0.2, 0.25) is 11.7 Å². The molecule has 1 aromatic heterocycles. The summed E-state index contributed by atoms with van der Waals surface area (Å²) < 4.78 is 11.0. The SMILES string of the molecule is CCOc1ccc(Cl)cc1-c1noc([C@H]2CCCCN2)n1.